The van der Waals surface area contributed by atoms with Crippen LogP contribution in [0.5, 0.6) is 0 Å². The zero-order chi connectivity index (χ0) is 11.3. The molecule has 2 nitrogen and oxygen atoms in total. The van der Waals surface area contributed by atoms with E-state index in [1.54, 1.807) is 0 Å². The van der Waals surface area contributed by atoms with Crippen molar-refractivity contribution in [3.05, 3.63) is 33.8 Å². The van der Waals surface area contributed by atoms with Crippen LogP contribution < -0.4 is 5.73 Å². The van der Waals surface area contributed by atoms with Crippen molar-refractivity contribution in [2.24, 2.45) is 5.73 Å². The van der Waals surface area contributed by atoms with Gasteiger partial charge in [0, 0.05) is 17.6 Å². The van der Waals surface area contributed by atoms with Crippen LogP contribution in [0.2, 0.25) is 0 Å². The van der Waals surface area contributed by atoms with E-state index in [0.717, 1.165) is 17.6 Å². The first-order valence-electron chi connectivity index (χ1n) is 5.33. The molecule has 1 rings (SSSR count). The lowest BCUT2D eigenvalue weighted by molar-refractivity contribution is 0.327. The second-order valence-electron chi connectivity index (χ2n) is 3.87. The van der Waals surface area contributed by atoms with Gasteiger partial charge in [0.05, 0.1) is 0 Å². The van der Waals surface area contributed by atoms with Gasteiger partial charge in [-0.1, -0.05) is 35.0 Å². The van der Waals surface area contributed by atoms with Crippen molar-refractivity contribution in [3.63, 3.8) is 0 Å². The van der Waals surface area contributed by atoms with Gasteiger partial charge in [-0.3, -0.25) is 0 Å². The summed E-state index contributed by atoms with van der Waals surface area (Å²) in [5.74, 6) is 0. The lowest BCUT2D eigenvalue weighted by atomic mass is 10.1. The molecule has 0 bridgehead atoms. The smallest absolute Gasteiger partial charge is 0.0241 e. The third kappa shape index (κ3) is 3.93. The van der Waals surface area contributed by atoms with Crippen molar-refractivity contribution >= 4 is 15.9 Å². The Morgan fingerprint density at radius 1 is 1.40 bits per heavy atom. The van der Waals surface area contributed by atoms with Gasteiger partial charge in [0.2, 0.25) is 0 Å². The van der Waals surface area contributed by atoms with Crippen molar-refractivity contribution in [1.82, 2.24) is 4.90 Å². The van der Waals surface area contributed by atoms with Gasteiger partial charge < -0.3 is 10.6 Å². The molecular weight excluding hydrogens is 252 g/mol. The lowest BCUT2D eigenvalue weighted by Crippen LogP contribution is -2.18. The Morgan fingerprint density at radius 3 is 2.67 bits per heavy atom. The maximum absolute atomic E-state index is 5.59. The fraction of sp³-hybridized carbons (Fsp3) is 0.500. The summed E-state index contributed by atoms with van der Waals surface area (Å²) in [6, 6.07) is 6.35. The number of nitrogens with zero attached hydrogens (tertiary/aromatic N) is 1. The van der Waals surface area contributed by atoms with Gasteiger partial charge in [-0.05, 0) is 37.2 Å². The highest BCUT2D eigenvalue weighted by molar-refractivity contribution is 9.10. The third-order valence-corrected chi connectivity index (χ3v) is 3.14. The fourth-order valence-electron chi connectivity index (χ4n) is 1.60. The second-order valence-corrected chi connectivity index (χ2v) is 4.72. The van der Waals surface area contributed by atoms with Crippen molar-refractivity contribution < 1.29 is 0 Å². The number of halogens is 1. The minimum absolute atomic E-state index is 0.601. The summed E-state index contributed by atoms with van der Waals surface area (Å²) in [6.45, 7) is 4.91. The van der Waals surface area contributed by atoms with Gasteiger partial charge in [-0.15, -0.1) is 0 Å². The minimum atomic E-state index is 0.601. The molecule has 0 saturated carbocycles. The van der Waals surface area contributed by atoms with Crippen LogP contribution >= 0.6 is 15.9 Å². The molecule has 0 atom stereocenters. The van der Waals surface area contributed by atoms with Crippen molar-refractivity contribution in [2.75, 3.05) is 13.6 Å². The van der Waals surface area contributed by atoms with Crippen LogP contribution in [0.4, 0.5) is 0 Å². The Labute approximate surface area is 101 Å². The second kappa shape index (κ2) is 6.26. The SMILES string of the molecule is CCCN(C)Cc1ccc(CN)cc1Br. The molecule has 0 spiro atoms. The summed E-state index contributed by atoms with van der Waals surface area (Å²) in [5.41, 5.74) is 8.08. The van der Waals surface area contributed by atoms with E-state index < -0.39 is 0 Å². The topological polar surface area (TPSA) is 29.3 Å². The Morgan fingerprint density at radius 2 is 2.13 bits per heavy atom. The molecule has 15 heavy (non-hydrogen) atoms. The van der Waals surface area contributed by atoms with E-state index in [-0.39, 0.29) is 0 Å². The Kier molecular flexibility index (Phi) is 5.29. The monoisotopic (exact) mass is 270 g/mol. The van der Waals surface area contributed by atoms with Crippen molar-refractivity contribution in [2.45, 2.75) is 26.4 Å². The maximum atomic E-state index is 5.59. The first kappa shape index (κ1) is 12.7. The molecule has 2 N–H and O–H groups in total. The number of benzene rings is 1. The van der Waals surface area contributed by atoms with Crippen LogP contribution in [-0.2, 0) is 13.1 Å². The van der Waals surface area contributed by atoms with Gasteiger partial charge >= 0.3 is 0 Å². The van der Waals surface area contributed by atoms with Crippen LogP contribution in [0.15, 0.2) is 22.7 Å². The largest absolute Gasteiger partial charge is 0.326 e. The standard InChI is InChI=1S/C12H19BrN2/c1-3-6-15(2)9-11-5-4-10(8-14)7-12(11)13/h4-5,7H,3,6,8-9,14H2,1-2H3. The average Bonchev–Trinajstić information content (AvgIpc) is 2.21. The summed E-state index contributed by atoms with van der Waals surface area (Å²) in [5, 5.41) is 0. The van der Waals surface area contributed by atoms with E-state index in [2.05, 4.69) is 53.0 Å². The molecule has 0 radical (unpaired) electrons. The van der Waals surface area contributed by atoms with Gasteiger partial charge in [-0.25, -0.2) is 0 Å². The lowest BCUT2D eigenvalue weighted by Gasteiger charge is -2.16. The zero-order valence-electron chi connectivity index (χ0n) is 9.46. The normalized spacial score (nSPS) is 11.0. The molecule has 0 amide bonds. The van der Waals surface area contributed by atoms with E-state index in [0.29, 0.717) is 6.54 Å². The van der Waals surface area contributed by atoms with Gasteiger partial charge in [0.15, 0.2) is 0 Å². The van der Waals surface area contributed by atoms with E-state index in [1.165, 1.54) is 17.5 Å². The molecular formula is C12H19BrN2. The van der Waals surface area contributed by atoms with Crippen molar-refractivity contribution in [1.29, 1.82) is 0 Å². The summed E-state index contributed by atoms with van der Waals surface area (Å²) in [4.78, 5) is 2.32. The molecule has 0 fully saturated rings. The number of hydrogen-bond donors (Lipinski definition) is 1. The summed E-state index contributed by atoms with van der Waals surface area (Å²) >= 11 is 3.59. The fourth-order valence-corrected chi connectivity index (χ4v) is 2.15. The summed E-state index contributed by atoms with van der Waals surface area (Å²) < 4.78 is 1.16. The van der Waals surface area contributed by atoms with Crippen molar-refractivity contribution in [3.8, 4) is 0 Å². The number of nitrogens with two attached hydrogens (primary N) is 1. The van der Waals surface area contributed by atoms with E-state index in [4.69, 9.17) is 5.73 Å². The average molecular weight is 271 g/mol. The maximum Gasteiger partial charge on any atom is 0.0241 e. The third-order valence-electron chi connectivity index (χ3n) is 2.40. The molecule has 1 aromatic carbocycles. The van der Waals surface area contributed by atoms with E-state index in [9.17, 15) is 0 Å². The molecule has 0 aromatic heterocycles. The molecule has 0 aliphatic heterocycles. The molecule has 3 heteroatoms. The molecule has 0 heterocycles. The highest BCUT2D eigenvalue weighted by atomic mass is 79.9. The Bertz CT molecular complexity index is 312. The Balaban J connectivity index is 2.69. The van der Waals surface area contributed by atoms with Crippen LogP contribution in [0.3, 0.4) is 0 Å². The van der Waals surface area contributed by atoms with E-state index in [1.807, 2.05) is 0 Å². The van der Waals surface area contributed by atoms with E-state index >= 15 is 0 Å². The molecule has 0 aliphatic rings. The van der Waals surface area contributed by atoms with Crippen LogP contribution in [-0.4, -0.2) is 18.5 Å². The highest BCUT2D eigenvalue weighted by Crippen LogP contribution is 2.19. The quantitative estimate of drug-likeness (QED) is 0.892. The molecule has 0 unspecified atom stereocenters. The first-order valence-corrected chi connectivity index (χ1v) is 6.12. The predicted molar refractivity (Wildman–Crippen MR) is 68.7 cm³/mol. The van der Waals surface area contributed by atoms with Crippen LogP contribution in [0.1, 0.15) is 24.5 Å². The highest BCUT2D eigenvalue weighted by Gasteiger charge is 2.03. The van der Waals surface area contributed by atoms with Crippen LogP contribution in [0, 0.1) is 0 Å². The zero-order valence-corrected chi connectivity index (χ0v) is 11.0. The molecule has 0 aliphatic carbocycles. The minimum Gasteiger partial charge on any atom is -0.326 e. The predicted octanol–water partition coefficient (Wildman–Crippen LogP) is 2.75. The summed E-state index contributed by atoms with van der Waals surface area (Å²) in [7, 11) is 2.15. The molecule has 0 saturated heterocycles. The van der Waals surface area contributed by atoms with Crippen LogP contribution in [0.25, 0.3) is 0 Å². The van der Waals surface area contributed by atoms with Gasteiger partial charge in [0.25, 0.3) is 0 Å². The Hall–Kier alpha value is -0.380. The number of hydrogen-bond acceptors (Lipinski definition) is 2. The van der Waals surface area contributed by atoms with Gasteiger partial charge in [-0.2, -0.15) is 0 Å². The number of rotatable bonds is 5. The molecule has 84 valence electrons. The van der Waals surface area contributed by atoms with Gasteiger partial charge in [0.1, 0.15) is 0 Å². The molecule has 1 aromatic rings. The summed E-state index contributed by atoms with van der Waals surface area (Å²) in [6.07, 6.45) is 1.19. The first-order chi connectivity index (χ1) is 7.17.